The van der Waals surface area contributed by atoms with Gasteiger partial charge in [0.05, 0.1) is 5.03 Å². The maximum absolute atomic E-state index is 12.3. The molecule has 0 fully saturated rings. The molecule has 0 spiro atoms. The molecule has 0 saturated heterocycles. The first kappa shape index (κ1) is 10.4. The van der Waals surface area contributed by atoms with Crippen molar-refractivity contribution in [2.75, 3.05) is 0 Å². The van der Waals surface area contributed by atoms with Crippen molar-refractivity contribution < 1.29 is 13.2 Å². The molecule has 13 heavy (non-hydrogen) atoms. The maximum atomic E-state index is 12.3. The Morgan fingerprint density at radius 3 is 2.46 bits per heavy atom. The largest absolute Gasteiger partial charge is 0.432 e. The number of dihydropyridines is 1. The molecule has 0 aromatic carbocycles. The van der Waals surface area contributed by atoms with Gasteiger partial charge in [0.25, 0.3) is 0 Å². The Morgan fingerprint density at radius 1 is 1.46 bits per heavy atom. The van der Waals surface area contributed by atoms with Crippen LogP contribution in [0.1, 0.15) is 13.8 Å². The number of hydrogen-bond acceptors (Lipinski definition) is 1. The maximum Gasteiger partial charge on any atom is 0.432 e. The van der Waals surface area contributed by atoms with Crippen molar-refractivity contribution in [3.8, 4) is 0 Å². The van der Waals surface area contributed by atoms with E-state index >= 15 is 0 Å². The molecule has 0 aliphatic carbocycles. The summed E-state index contributed by atoms with van der Waals surface area (Å²) in [6.07, 6.45) is -3.06. The third-order valence-corrected chi connectivity index (χ3v) is 2.22. The van der Waals surface area contributed by atoms with E-state index in [0.717, 1.165) is 5.57 Å². The van der Waals surface area contributed by atoms with Crippen molar-refractivity contribution in [2.24, 2.45) is 0 Å². The smallest absolute Gasteiger partial charge is 0.374 e. The normalized spacial score (nSPS) is 24.2. The first-order chi connectivity index (χ1) is 5.82. The van der Waals surface area contributed by atoms with Crippen LogP contribution < -0.4 is 5.32 Å². The molecule has 1 unspecified atom stereocenters. The van der Waals surface area contributed by atoms with Gasteiger partial charge >= 0.3 is 6.18 Å². The van der Waals surface area contributed by atoms with Crippen LogP contribution in [0.15, 0.2) is 22.4 Å². The van der Waals surface area contributed by atoms with Crippen LogP contribution in [-0.2, 0) is 0 Å². The summed E-state index contributed by atoms with van der Waals surface area (Å²) in [5, 5.41) is 2.04. The van der Waals surface area contributed by atoms with Crippen molar-refractivity contribution in [1.82, 2.24) is 5.32 Å². The zero-order chi connectivity index (χ0) is 10.2. The number of halogens is 4. The molecule has 0 saturated carbocycles. The van der Waals surface area contributed by atoms with Gasteiger partial charge in [0, 0.05) is 6.04 Å². The third kappa shape index (κ3) is 2.18. The third-order valence-electron chi connectivity index (χ3n) is 1.92. The second-order valence-electron chi connectivity index (χ2n) is 2.98. The molecular weight excluding hydrogens is 203 g/mol. The van der Waals surface area contributed by atoms with Gasteiger partial charge in [0.1, 0.15) is 5.70 Å². The highest BCUT2D eigenvalue weighted by molar-refractivity contribution is 6.31. The van der Waals surface area contributed by atoms with E-state index in [9.17, 15) is 13.2 Å². The second kappa shape index (κ2) is 3.25. The summed E-state index contributed by atoms with van der Waals surface area (Å²) in [4.78, 5) is 0. The predicted molar refractivity (Wildman–Crippen MR) is 45.3 cm³/mol. The Bertz CT molecular complexity index is 278. The van der Waals surface area contributed by atoms with Gasteiger partial charge < -0.3 is 5.32 Å². The van der Waals surface area contributed by atoms with Crippen LogP contribution in [-0.4, -0.2) is 12.2 Å². The number of nitrogens with one attached hydrogen (secondary N) is 1. The molecule has 0 bridgehead atoms. The summed E-state index contributed by atoms with van der Waals surface area (Å²) in [5.41, 5.74) is -0.0646. The standard InChI is InChI=1S/C8H9ClF3N/c1-4-3-6(9)7(8(10,11)12)13-5(4)2/h3,5,13H,1-2H3. The minimum Gasteiger partial charge on any atom is -0.374 e. The van der Waals surface area contributed by atoms with Crippen molar-refractivity contribution in [3.63, 3.8) is 0 Å². The van der Waals surface area contributed by atoms with E-state index in [1.165, 1.54) is 6.08 Å². The van der Waals surface area contributed by atoms with Crippen molar-refractivity contribution in [1.29, 1.82) is 0 Å². The predicted octanol–water partition coefficient (Wildman–Crippen LogP) is 2.94. The van der Waals surface area contributed by atoms with Gasteiger partial charge in [0.15, 0.2) is 0 Å². The quantitative estimate of drug-likeness (QED) is 0.650. The van der Waals surface area contributed by atoms with E-state index in [1.54, 1.807) is 13.8 Å². The molecule has 1 heterocycles. The first-order valence-electron chi connectivity index (χ1n) is 3.74. The van der Waals surface area contributed by atoms with E-state index in [2.05, 4.69) is 5.32 Å². The summed E-state index contributed by atoms with van der Waals surface area (Å²) in [5.74, 6) is 0. The Morgan fingerprint density at radius 2 is 2.00 bits per heavy atom. The van der Waals surface area contributed by atoms with Gasteiger partial charge in [-0.15, -0.1) is 0 Å². The Balaban J connectivity index is 3.05. The molecule has 1 atom stereocenters. The SMILES string of the molecule is CC1=CC(Cl)=C(C(F)(F)F)NC1C. The topological polar surface area (TPSA) is 12.0 Å². The van der Waals surface area contributed by atoms with E-state index in [0.29, 0.717) is 0 Å². The number of allylic oxidation sites excluding steroid dienone is 3. The van der Waals surface area contributed by atoms with E-state index < -0.39 is 11.9 Å². The van der Waals surface area contributed by atoms with E-state index in [1.807, 2.05) is 0 Å². The summed E-state index contributed by atoms with van der Waals surface area (Å²) in [6.45, 7) is 3.38. The van der Waals surface area contributed by atoms with Crippen LogP contribution in [0.2, 0.25) is 0 Å². The van der Waals surface area contributed by atoms with Crippen LogP contribution in [0.25, 0.3) is 0 Å². The van der Waals surface area contributed by atoms with E-state index in [4.69, 9.17) is 11.6 Å². The van der Waals surface area contributed by atoms with Gasteiger partial charge in [-0.3, -0.25) is 0 Å². The van der Waals surface area contributed by atoms with E-state index in [-0.39, 0.29) is 11.1 Å². The lowest BCUT2D eigenvalue weighted by Gasteiger charge is -2.25. The lowest BCUT2D eigenvalue weighted by molar-refractivity contribution is -0.0978. The fraction of sp³-hybridized carbons (Fsp3) is 0.500. The Hall–Kier alpha value is -0.640. The van der Waals surface area contributed by atoms with Crippen molar-refractivity contribution >= 4 is 11.6 Å². The van der Waals surface area contributed by atoms with Crippen LogP contribution in [0.3, 0.4) is 0 Å². The molecule has 0 aromatic rings. The van der Waals surface area contributed by atoms with Crippen LogP contribution in [0.4, 0.5) is 13.2 Å². The highest BCUT2D eigenvalue weighted by Crippen LogP contribution is 2.32. The number of hydrogen-bond donors (Lipinski definition) is 1. The van der Waals surface area contributed by atoms with Crippen LogP contribution in [0, 0.1) is 0 Å². The minimum absolute atomic E-state index is 0.275. The molecule has 1 N–H and O–H groups in total. The highest BCUT2D eigenvalue weighted by atomic mass is 35.5. The molecule has 1 aliphatic rings. The van der Waals surface area contributed by atoms with Crippen LogP contribution in [0.5, 0.6) is 0 Å². The average Bonchev–Trinajstić information content (AvgIpc) is 1.94. The summed E-state index contributed by atoms with van der Waals surface area (Å²) < 4.78 is 36.8. The van der Waals surface area contributed by atoms with Gasteiger partial charge in [0.2, 0.25) is 0 Å². The zero-order valence-electron chi connectivity index (χ0n) is 7.17. The highest BCUT2D eigenvalue weighted by Gasteiger charge is 2.38. The Labute approximate surface area is 79.3 Å². The van der Waals surface area contributed by atoms with Gasteiger partial charge in [-0.1, -0.05) is 11.6 Å². The lowest BCUT2D eigenvalue weighted by Crippen LogP contribution is -2.36. The van der Waals surface area contributed by atoms with Crippen molar-refractivity contribution in [3.05, 3.63) is 22.4 Å². The number of rotatable bonds is 0. The Kier molecular flexibility index (Phi) is 2.61. The van der Waals surface area contributed by atoms with Gasteiger partial charge in [-0.05, 0) is 25.5 Å². The zero-order valence-corrected chi connectivity index (χ0v) is 7.92. The summed E-state index contributed by atoms with van der Waals surface area (Å²) in [6, 6.07) is -0.320. The lowest BCUT2D eigenvalue weighted by atomic mass is 10.1. The molecule has 1 rings (SSSR count). The molecule has 0 aromatic heterocycles. The number of alkyl halides is 3. The molecule has 0 radical (unpaired) electrons. The first-order valence-corrected chi connectivity index (χ1v) is 4.12. The molecule has 5 heteroatoms. The molecule has 1 nitrogen and oxygen atoms in total. The molecule has 74 valence electrons. The molecule has 0 amide bonds. The molecule has 1 aliphatic heterocycles. The van der Waals surface area contributed by atoms with Gasteiger partial charge in [-0.25, -0.2) is 0 Å². The monoisotopic (exact) mass is 211 g/mol. The summed E-state index contributed by atoms with van der Waals surface area (Å²) >= 11 is 5.45. The van der Waals surface area contributed by atoms with Crippen molar-refractivity contribution in [2.45, 2.75) is 26.1 Å². The summed E-state index contributed by atoms with van der Waals surface area (Å²) in [7, 11) is 0. The average molecular weight is 212 g/mol. The fourth-order valence-corrected chi connectivity index (χ4v) is 1.35. The van der Waals surface area contributed by atoms with Crippen LogP contribution >= 0.6 is 11.6 Å². The minimum atomic E-state index is -4.40. The van der Waals surface area contributed by atoms with Gasteiger partial charge in [-0.2, -0.15) is 13.2 Å². The fourth-order valence-electron chi connectivity index (χ4n) is 1.01. The molecular formula is C8H9ClF3N. The second-order valence-corrected chi connectivity index (χ2v) is 3.38.